The topological polar surface area (TPSA) is 81.4 Å². The van der Waals surface area contributed by atoms with Crippen LogP contribution >= 0.6 is 15.9 Å². The largest absolute Gasteiger partial charge is 0.457 e. The number of esters is 1. The third-order valence-electron chi connectivity index (χ3n) is 2.97. The van der Waals surface area contributed by atoms with Crippen molar-refractivity contribution < 1.29 is 14.3 Å². The molecule has 2 aromatic rings. The third-order valence-corrected chi connectivity index (χ3v) is 3.75. The number of carbonyl (C=O) groups is 2. The smallest absolute Gasteiger partial charge is 0.338 e. The normalized spacial score (nSPS) is 10.0. The summed E-state index contributed by atoms with van der Waals surface area (Å²) in [5.41, 5.74) is 7.20. The molecule has 0 unspecified atom stereocenters. The molecule has 0 aliphatic carbocycles. The summed E-state index contributed by atoms with van der Waals surface area (Å²) >= 11 is 3.41. The van der Waals surface area contributed by atoms with Crippen molar-refractivity contribution in [1.82, 2.24) is 5.32 Å². The number of carbonyl (C=O) groups excluding carboxylic acids is 2. The summed E-state index contributed by atoms with van der Waals surface area (Å²) < 4.78 is 6.17. The van der Waals surface area contributed by atoms with Crippen molar-refractivity contribution in [2.45, 2.75) is 13.2 Å². The number of urea groups is 1. The minimum absolute atomic E-state index is 0.200. The Morgan fingerprint density at radius 2 is 1.77 bits per heavy atom. The number of halogens is 1. The molecule has 0 spiro atoms. The number of nitrogens with one attached hydrogen (secondary N) is 1. The Bertz CT molecular complexity index is 671. The molecule has 2 aromatic carbocycles. The maximum atomic E-state index is 12.0. The van der Waals surface area contributed by atoms with E-state index in [0.29, 0.717) is 12.1 Å². The minimum Gasteiger partial charge on any atom is -0.457 e. The Morgan fingerprint density at radius 1 is 1.09 bits per heavy atom. The van der Waals surface area contributed by atoms with Crippen LogP contribution < -0.4 is 11.1 Å². The lowest BCUT2D eigenvalue weighted by atomic mass is 10.1. The van der Waals surface area contributed by atoms with E-state index in [9.17, 15) is 9.59 Å². The van der Waals surface area contributed by atoms with Gasteiger partial charge in [-0.2, -0.15) is 0 Å². The molecule has 5 nitrogen and oxygen atoms in total. The van der Waals surface area contributed by atoms with Crippen molar-refractivity contribution in [3.63, 3.8) is 0 Å². The number of hydrogen-bond acceptors (Lipinski definition) is 3. The quantitative estimate of drug-likeness (QED) is 0.802. The summed E-state index contributed by atoms with van der Waals surface area (Å²) in [5, 5.41) is 2.48. The highest BCUT2D eigenvalue weighted by molar-refractivity contribution is 9.10. The molecule has 114 valence electrons. The first kappa shape index (κ1) is 16.0. The Morgan fingerprint density at radius 3 is 2.41 bits per heavy atom. The van der Waals surface area contributed by atoms with Gasteiger partial charge in [0.15, 0.2) is 0 Å². The van der Waals surface area contributed by atoms with Crippen molar-refractivity contribution >= 4 is 27.9 Å². The fourth-order valence-electron chi connectivity index (χ4n) is 1.79. The maximum Gasteiger partial charge on any atom is 0.338 e. The van der Waals surface area contributed by atoms with Crippen molar-refractivity contribution in [3.05, 3.63) is 69.7 Å². The lowest BCUT2D eigenvalue weighted by Crippen LogP contribution is -2.28. The molecule has 22 heavy (non-hydrogen) atoms. The van der Waals surface area contributed by atoms with Gasteiger partial charge in [0, 0.05) is 16.6 Å². The molecular weight excluding hydrogens is 348 g/mol. The Hall–Kier alpha value is -2.34. The predicted molar refractivity (Wildman–Crippen MR) is 86.1 cm³/mol. The molecule has 0 bridgehead atoms. The summed E-state index contributed by atoms with van der Waals surface area (Å²) in [6, 6.07) is 13.8. The van der Waals surface area contributed by atoms with Gasteiger partial charge in [-0.1, -0.05) is 46.3 Å². The summed E-state index contributed by atoms with van der Waals surface area (Å²) in [7, 11) is 0. The zero-order valence-corrected chi connectivity index (χ0v) is 13.3. The number of nitrogens with two attached hydrogens (primary N) is 1. The Labute approximate surface area is 136 Å². The van der Waals surface area contributed by atoms with Crippen LogP contribution in [-0.2, 0) is 17.9 Å². The second kappa shape index (κ2) is 7.61. The van der Waals surface area contributed by atoms with Crippen LogP contribution in [-0.4, -0.2) is 12.0 Å². The SMILES string of the molecule is NC(=O)NCc1ccc(C(=O)OCc2ccccc2Br)cc1. The second-order valence-electron chi connectivity index (χ2n) is 4.58. The molecule has 3 N–H and O–H groups in total. The van der Waals surface area contributed by atoms with E-state index in [0.717, 1.165) is 15.6 Å². The van der Waals surface area contributed by atoms with Gasteiger partial charge in [-0.05, 0) is 23.8 Å². The number of primary amides is 1. The van der Waals surface area contributed by atoms with Crippen LogP contribution in [0.2, 0.25) is 0 Å². The fourth-order valence-corrected chi connectivity index (χ4v) is 2.19. The number of amides is 2. The summed E-state index contributed by atoms with van der Waals surface area (Å²) in [6.45, 7) is 0.521. The second-order valence-corrected chi connectivity index (χ2v) is 5.44. The van der Waals surface area contributed by atoms with Gasteiger partial charge in [0.25, 0.3) is 0 Å². The molecule has 0 heterocycles. The number of hydrogen-bond donors (Lipinski definition) is 2. The van der Waals surface area contributed by atoms with Gasteiger partial charge in [-0.3, -0.25) is 0 Å². The Kier molecular flexibility index (Phi) is 5.55. The van der Waals surface area contributed by atoms with Crippen LogP contribution in [0.5, 0.6) is 0 Å². The highest BCUT2D eigenvalue weighted by Crippen LogP contribution is 2.17. The number of benzene rings is 2. The van der Waals surface area contributed by atoms with Crippen LogP contribution in [0.4, 0.5) is 4.79 Å². The van der Waals surface area contributed by atoms with Gasteiger partial charge >= 0.3 is 12.0 Å². The predicted octanol–water partition coefficient (Wildman–Crippen LogP) is 2.97. The zero-order chi connectivity index (χ0) is 15.9. The van der Waals surface area contributed by atoms with E-state index >= 15 is 0 Å². The average molecular weight is 363 g/mol. The van der Waals surface area contributed by atoms with Crippen LogP contribution in [0.3, 0.4) is 0 Å². The van der Waals surface area contributed by atoms with E-state index < -0.39 is 12.0 Å². The van der Waals surface area contributed by atoms with Gasteiger partial charge in [0.2, 0.25) is 0 Å². The molecule has 0 aliphatic heterocycles. The first-order valence-corrected chi connectivity index (χ1v) is 7.38. The number of ether oxygens (including phenoxy) is 1. The molecule has 0 aliphatic rings. The van der Waals surface area contributed by atoms with Gasteiger partial charge in [0.1, 0.15) is 6.61 Å². The van der Waals surface area contributed by atoms with Gasteiger partial charge in [-0.15, -0.1) is 0 Å². The van der Waals surface area contributed by atoms with Crippen molar-refractivity contribution in [3.8, 4) is 0 Å². The summed E-state index contributed by atoms with van der Waals surface area (Å²) in [4.78, 5) is 22.6. The molecule has 0 atom stereocenters. The van der Waals surface area contributed by atoms with Crippen LogP contribution in [0.1, 0.15) is 21.5 Å². The van der Waals surface area contributed by atoms with E-state index in [1.807, 2.05) is 24.3 Å². The molecule has 0 fully saturated rings. The molecule has 0 saturated carbocycles. The van der Waals surface area contributed by atoms with Crippen molar-refractivity contribution in [1.29, 1.82) is 0 Å². The van der Waals surface area contributed by atoms with Crippen LogP contribution in [0.25, 0.3) is 0 Å². The monoisotopic (exact) mass is 362 g/mol. The van der Waals surface area contributed by atoms with E-state index in [-0.39, 0.29) is 6.61 Å². The lowest BCUT2D eigenvalue weighted by molar-refractivity contribution is 0.0472. The first-order valence-electron chi connectivity index (χ1n) is 6.59. The molecule has 0 aromatic heterocycles. The van der Waals surface area contributed by atoms with Gasteiger partial charge in [0.05, 0.1) is 5.56 Å². The highest BCUT2D eigenvalue weighted by Gasteiger charge is 2.08. The maximum absolute atomic E-state index is 12.0. The van der Waals surface area contributed by atoms with Crippen LogP contribution in [0, 0.1) is 0 Å². The number of rotatable bonds is 5. The van der Waals surface area contributed by atoms with E-state index in [2.05, 4.69) is 21.2 Å². The molecule has 2 amide bonds. The Balaban J connectivity index is 1.92. The molecule has 0 radical (unpaired) electrons. The minimum atomic E-state index is -0.586. The zero-order valence-electron chi connectivity index (χ0n) is 11.7. The average Bonchev–Trinajstić information content (AvgIpc) is 2.52. The van der Waals surface area contributed by atoms with Crippen molar-refractivity contribution in [2.24, 2.45) is 5.73 Å². The summed E-state index contributed by atoms with van der Waals surface area (Å²) in [6.07, 6.45) is 0. The molecule has 0 saturated heterocycles. The standard InChI is InChI=1S/C16H15BrN2O3/c17-14-4-2-1-3-13(14)10-22-15(20)12-7-5-11(6-8-12)9-19-16(18)21/h1-8H,9-10H2,(H3,18,19,21). The highest BCUT2D eigenvalue weighted by atomic mass is 79.9. The third kappa shape index (κ3) is 4.60. The van der Waals surface area contributed by atoms with E-state index in [1.54, 1.807) is 24.3 Å². The fraction of sp³-hybridized carbons (Fsp3) is 0.125. The van der Waals surface area contributed by atoms with Gasteiger partial charge < -0.3 is 15.8 Å². The molecular formula is C16H15BrN2O3. The van der Waals surface area contributed by atoms with E-state index in [4.69, 9.17) is 10.5 Å². The van der Waals surface area contributed by atoms with Crippen LogP contribution in [0.15, 0.2) is 53.0 Å². The van der Waals surface area contributed by atoms with Gasteiger partial charge in [-0.25, -0.2) is 9.59 Å². The summed E-state index contributed by atoms with van der Waals surface area (Å²) in [5.74, 6) is -0.398. The molecule has 2 rings (SSSR count). The lowest BCUT2D eigenvalue weighted by Gasteiger charge is -2.07. The molecule has 6 heteroatoms. The van der Waals surface area contributed by atoms with E-state index in [1.165, 1.54) is 0 Å². The van der Waals surface area contributed by atoms with Crippen molar-refractivity contribution in [2.75, 3.05) is 0 Å². The first-order chi connectivity index (χ1) is 10.6.